The number of halogens is 3. The Balaban J connectivity index is 2.03. The Hall–Kier alpha value is -0.0800. The Labute approximate surface area is 145 Å². The molecule has 0 fully saturated rings. The first-order chi connectivity index (χ1) is 9.56. The Morgan fingerprint density at radius 2 is 1.65 bits per heavy atom. The van der Waals surface area contributed by atoms with Crippen LogP contribution in [0.4, 0.5) is 0 Å². The molecule has 1 aromatic carbocycles. The van der Waals surface area contributed by atoms with E-state index < -0.39 is 6.10 Å². The molecule has 1 aliphatic heterocycles. The van der Waals surface area contributed by atoms with E-state index in [1.807, 2.05) is 18.2 Å². The summed E-state index contributed by atoms with van der Waals surface area (Å²) in [4.78, 5) is 0. The maximum absolute atomic E-state index is 10.6. The van der Waals surface area contributed by atoms with Gasteiger partial charge in [-0.15, -0.1) is 11.3 Å². The van der Waals surface area contributed by atoms with Crippen LogP contribution in [0.25, 0.3) is 0 Å². The summed E-state index contributed by atoms with van der Waals surface area (Å²) in [5.41, 5.74) is 1.57. The number of hydrogen-bond acceptors (Lipinski definition) is 4. The molecule has 0 spiro atoms. The quantitative estimate of drug-likeness (QED) is 0.659. The molecule has 0 saturated heterocycles. The number of aliphatic hydroxyl groups is 1. The normalized spacial score (nSPS) is 15.2. The van der Waals surface area contributed by atoms with Crippen molar-refractivity contribution in [3.63, 3.8) is 0 Å². The second-order valence-corrected chi connectivity index (χ2v) is 8.80. The van der Waals surface area contributed by atoms with Crippen molar-refractivity contribution in [1.82, 2.24) is 0 Å². The van der Waals surface area contributed by atoms with Gasteiger partial charge in [0.15, 0.2) is 11.5 Å². The van der Waals surface area contributed by atoms with Crippen molar-refractivity contribution in [3.05, 3.63) is 41.4 Å². The zero-order chi connectivity index (χ0) is 14.3. The summed E-state index contributed by atoms with van der Waals surface area (Å²) >= 11 is 11.9. The first-order valence-corrected chi connectivity index (χ1v) is 8.97. The Bertz CT molecular complexity index is 657. The van der Waals surface area contributed by atoms with Crippen LogP contribution in [0.3, 0.4) is 0 Å². The van der Waals surface area contributed by atoms with Crippen molar-refractivity contribution < 1.29 is 14.6 Å². The predicted molar refractivity (Wildman–Crippen MR) is 88.9 cm³/mol. The van der Waals surface area contributed by atoms with E-state index >= 15 is 0 Å². The van der Waals surface area contributed by atoms with E-state index in [2.05, 4.69) is 47.8 Å². The van der Waals surface area contributed by atoms with Gasteiger partial charge in [0.05, 0.1) is 7.57 Å². The van der Waals surface area contributed by atoms with E-state index in [1.165, 1.54) is 11.3 Å². The third-order valence-corrected chi connectivity index (χ3v) is 6.01. The van der Waals surface area contributed by atoms with Crippen molar-refractivity contribution in [2.45, 2.75) is 6.10 Å². The van der Waals surface area contributed by atoms with Gasteiger partial charge in [0.25, 0.3) is 0 Å². The zero-order valence-electron chi connectivity index (χ0n) is 10.0. The Morgan fingerprint density at radius 1 is 1.00 bits per heavy atom. The molecular formula is C13H9Br3O3S. The van der Waals surface area contributed by atoms with Crippen LogP contribution in [0.2, 0.25) is 0 Å². The molecule has 0 radical (unpaired) electrons. The highest BCUT2D eigenvalue weighted by molar-refractivity contribution is 9.12. The molecule has 1 atom stereocenters. The fourth-order valence-corrected chi connectivity index (χ4v) is 5.42. The number of ether oxygens (including phenoxy) is 2. The molecule has 1 aromatic heterocycles. The number of thiophene rings is 1. The highest BCUT2D eigenvalue weighted by atomic mass is 79.9. The molecule has 106 valence electrons. The number of benzene rings is 1. The van der Waals surface area contributed by atoms with E-state index in [4.69, 9.17) is 9.47 Å². The zero-order valence-corrected chi connectivity index (χ0v) is 15.6. The van der Waals surface area contributed by atoms with Gasteiger partial charge in [0.1, 0.15) is 19.3 Å². The van der Waals surface area contributed by atoms with Crippen LogP contribution >= 0.6 is 59.1 Å². The second-order valence-electron chi connectivity index (χ2n) is 4.20. The maximum atomic E-state index is 10.6. The molecule has 2 heterocycles. The van der Waals surface area contributed by atoms with Gasteiger partial charge in [-0.1, -0.05) is 15.9 Å². The van der Waals surface area contributed by atoms with Gasteiger partial charge in [-0.25, -0.2) is 0 Å². The molecule has 1 unspecified atom stereocenters. The fourth-order valence-electron chi connectivity index (χ4n) is 2.00. The average molecular weight is 485 g/mol. The van der Waals surface area contributed by atoms with Gasteiger partial charge in [-0.3, -0.25) is 0 Å². The van der Waals surface area contributed by atoms with Crippen LogP contribution in [0, 0.1) is 0 Å². The van der Waals surface area contributed by atoms with Gasteiger partial charge in [-0.2, -0.15) is 0 Å². The first kappa shape index (κ1) is 14.8. The third-order valence-electron chi connectivity index (χ3n) is 2.93. The van der Waals surface area contributed by atoms with Crippen molar-refractivity contribution in [3.8, 4) is 11.5 Å². The molecule has 0 bridgehead atoms. The fraction of sp³-hybridized carbons (Fsp3) is 0.231. The van der Waals surface area contributed by atoms with Crippen molar-refractivity contribution in [2.24, 2.45) is 0 Å². The van der Waals surface area contributed by atoms with Crippen molar-refractivity contribution >= 4 is 59.1 Å². The summed E-state index contributed by atoms with van der Waals surface area (Å²) in [5.74, 6) is 1.36. The van der Waals surface area contributed by atoms with Gasteiger partial charge in [-0.05, 0) is 50.1 Å². The lowest BCUT2D eigenvalue weighted by Crippen LogP contribution is -2.16. The van der Waals surface area contributed by atoms with Gasteiger partial charge < -0.3 is 14.6 Å². The van der Waals surface area contributed by atoms with Crippen molar-refractivity contribution in [2.75, 3.05) is 13.2 Å². The molecule has 1 N–H and O–H groups in total. The van der Waals surface area contributed by atoms with Gasteiger partial charge >= 0.3 is 0 Å². The van der Waals surface area contributed by atoms with Gasteiger partial charge in [0.2, 0.25) is 0 Å². The molecule has 0 saturated carbocycles. The number of fused-ring (bicyclic) bond motifs is 1. The first-order valence-electron chi connectivity index (χ1n) is 5.78. The number of hydrogen-bond donors (Lipinski definition) is 1. The Morgan fingerprint density at radius 3 is 2.25 bits per heavy atom. The number of rotatable bonds is 2. The highest BCUT2D eigenvalue weighted by Gasteiger charge is 2.22. The van der Waals surface area contributed by atoms with E-state index in [0.717, 1.165) is 23.2 Å². The van der Waals surface area contributed by atoms with Crippen LogP contribution in [-0.4, -0.2) is 18.3 Å². The SMILES string of the molecule is OC(c1cc2c(cc1Br)OCCO2)c1cc(Br)sc1Br. The smallest absolute Gasteiger partial charge is 0.162 e. The molecule has 3 nitrogen and oxygen atoms in total. The molecule has 0 amide bonds. The van der Waals surface area contributed by atoms with Crippen LogP contribution < -0.4 is 9.47 Å². The minimum absolute atomic E-state index is 0.526. The molecule has 1 aliphatic rings. The lowest BCUT2D eigenvalue weighted by atomic mass is 10.0. The summed E-state index contributed by atoms with van der Waals surface area (Å²) in [7, 11) is 0. The van der Waals surface area contributed by atoms with Crippen LogP contribution in [0.5, 0.6) is 11.5 Å². The highest BCUT2D eigenvalue weighted by Crippen LogP contribution is 2.43. The Kier molecular flexibility index (Phi) is 4.42. The second kappa shape index (κ2) is 5.96. The van der Waals surface area contributed by atoms with E-state index in [9.17, 15) is 5.11 Å². The monoisotopic (exact) mass is 482 g/mol. The number of aliphatic hydroxyl groups excluding tert-OH is 1. The van der Waals surface area contributed by atoms with E-state index in [-0.39, 0.29) is 0 Å². The minimum atomic E-state index is -0.739. The third kappa shape index (κ3) is 2.78. The molecule has 3 rings (SSSR count). The van der Waals surface area contributed by atoms with Crippen LogP contribution in [0.1, 0.15) is 17.2 Å². The van der Waals surface area contributed by atoms with Crippen molar-refractivity contribution in [1.29, 1.82) is 0 Å². The summed E-state index contributed by atoms with van der Waals surface area (Å²) in [5, 5.41) is 10.6. The molecular weight excluding hydrogens is 476 g/mol. The molecule has 7 heteroatoms. The maximum Gasteiger partial charge on any atom is 0.162 e. The summed E-state index contributed by atoms with van der Waals surface area (Å²) in [6, 6.07) is 5.56. The minimum Gasteiger partial charge on any atom is -0.486 e. The summed E-state index contributed by atoms with van der Waals surface area (Å²) in [6.07, 6.45) is -0.739. The largest absolute Gasteiger partial charge is 0.486 e. The average Bonchev–Trinajstić information content (AvgIpc) is 2.76. The standard InChI is InChI=1S/C13H9Br3O3S/c14-8-5-10-9(18-1-2-19-10)3-6(8)12(17)7-4-11(15)20-13(7)16/h3-5,12,17H,1-2H2. The lowest BCUT2D eigenvalue weighted by molar-refractivity contribution is 0.169. The van der Waals surface area contributed by atoms with Gasteiger partial charge in [0, 0.05) is 15.6 Å². The lowest BCUT2D eigenvalue weighted by Gasteiger charge is -2.21. The molecule has 0 aliphatic carbocycles. The molecule has 20 heavy (non-hydrogen) atoms. The molecule has 2 aromatic rings. The summed E-state index contributed by atoms with van der Waals surface area (Å²) in [6.45, 7) is 1.07. The topological polar surface area (TPSA) is 38.7 Å². The summed E-state index contributed by atoms with van der Waals surface area (Å²) < 4.78 is 13.7. The van der Waals surface area contributed by atoms with Crippen LogP contribution in [0.15, 0.2) is 30.2 Å². The van der Waals surface area contributed by atoms with Crippen LogP contribution in [-0.2, 0) is 0 Å². The van der Waals surface area contributed by atoms with E-state index in [1.54, 1.807) is 0 Å². The predicted octanol–water partition coefficient (Wildman–Crippen LogP) is 4.89. The van der Waals surface area contributed by atoms with E-state index in [0.29, 0.717) is 24.7 Å².